The van der Waals surface area contributed by atoms with Crippen molar-refractivity contribution in [2.45, 2.75) is 52.9 Å². The molecule has 16 heavy (non-hydrogen) atoms. The molecular formula is C13H27N3. The monoisotopic (exact) mass is 225 g/mol. The van der Waals surface area contributed by atoms with Crippen LogP contribution in [0.1, 0.15) is 52.9 Å². The minimum Gasteiger partial charge on any atom is -0.370 e. The maximum atomic E-state index is 5.82. The van der Waals surface area contributed by atoms with Gasteiger partial charge in [-0.25, -0.2) is 0 Å². The van der Waals surface area contributed by atoms with E-state index in [-0.39, 0.29) is 0 Å². The molecule has 0 aromatic rings. The highest BCUT2D eigenvalue weighted by molar-refractivity contribution is 5.77. The summed E-state index contributed by atoms with van der Waals surface area (Å²) in [4.78, 5) is 4.49. The first-order chi connectivity index (χ1) is 7.58. The minimum atomic E-state index is 0.465. The van der Waals surface area contributed by atoms with Crippen molar-refractivity contribution in [2.75, 3.05) is 13.1 Å². The third-order valence-corrected chi connectivity index (χ3v) is 3.40. The second-order valence-corrected chi connectivity index (χ2v) is 5.58. The van der Waals surface area contributed by atoms with Crippen LogP contribution in [0.15, 0.2) is 4.99 Å². The molecule has 1 rings (SSSR count). The van der Waals surface area contributed by atoms with Crippen molar-refractivity contribution >= 4 is 5.96 Å². The summed E-state index contributed by atoms with van der Waals surface area (Å²) >= 11 is 0. The number of nitrogens with one attached hydrogen (secondary N) is 1. The van der Waals surface area contributed by atoms with Crippen LogP contribution in [0.25, 0.3) is 0 Å². The molecule has 0 saturated heterocycles. The lowest BCUT2D eigenvalue weighted by molar-refractivity contribution is 0.111. The molecule has 3 N–H and O–H groups in total. The molecule has 1 fully saturated rings. The first-order valence-corrected chi connectivity index (χ1v) is 6.62. The Labute approximate surface area is 99.9 Å². The zero-order valence-corrected chi connectivity index (χ0v) is 11.1. The summed E-state index contributed by atoms with van der Waals surface area (Å²) in [7, 11) is 0. The van der Waals surface area contributed by atoms with Crippen LogP contribution < -0.4 is 11.1 Å². The van der Waals surface area contributed by atoms with Gasteiger partial charge in [0.1, 0.15) is 0 Å². The summed E-state index contributed by atoms with van der Waals surface area (Å²) < 4.78 is 0. The van der Waals surface area contributed by atoms with Gasteiger partial charge >= 0.3 is 0 Å². The molecule has 0 aromatic carbocycles. The summed E-state index contributed by atoms with van der Waals surface area (Å²) in [6, 6.07) is 0. The van der Waals surface area contributed by atoms with Gasteiger partial charge in [-0.3, -0.25) is 4.99 Å². The van der Waals surface area contributed by atoms with Gasteiger partial charge in [-0.05, 0) is 37.0 Å². The quantitative estimate of drug-likeness (QED) is 0.539. The number of hydrogen-bond donors (Lipinski definition) is 2. The molecule has 0 aliphatic heterocycles. The number of hydrogen-bond acceptors (Lipinski definition) is 1. The Morgan fingerprint density at radius 3 is 2.56 bits per heavy atom. The van der Waals surface area contributed by atoms with Crippen LogP contribution in [0.5, 0.6) is 0 Å². The number of rotatable bonds is 6. The molecule has 1 aliphatic carbocycles. The van der Waals surface area contributed by atoms with E-state index in [0.29, 0.717) is 11.4 Å². The molecule has 0 radical (unpaired) electrons. The first kappa shape index (κ1) is 13.3. The second kappa shape index (κ2) is 6.12. The third kappa shape index (κ3) is 4.03. The van der Waals surface area contributed by atoms with Gasteiger partial charge < -0.3 is 11.1 Å². The molecule has 0 aromatic heterocycles. The molecule has 0 unspecified atom stereocenters. The minimum absolute atomic E-state index is 0.465. The summed E-state index contributed by atoms with van der Waals surface area (Å²) in [6.45, 7) is 8.55. The van der Waals surface area contributed by atoms with E-state index in [1.165, 1.54) is 25.7 Å². The Morgan fingerprint density at radius 1 is 1.44 bits per heavy atom. The van der Waals surface area contributed by atoms with Crippen LogP contribution in [-0.4, -0.2) is 19.0 Å². The lowest BCUT2D eigenvalue weighted by Crippen LogP contribution is -2.37. The maximum Gasteiger partial charge on any atom is 0.188 e. The number of guanidine groups is 1. The van der Waals surface area contributed by atoms with Crippen molar-refractivity contribution in [3.05, 3.63) is 0 Å². The van der Waals surface area contributed by atoms with Crippen molar-refractivity contribution < 1.29 is 0 Å². The fraction of sp³-hybridized carbons (Fsp3) is 0.923. The predicted molar refractivity (Wildman–Crippen MR) is 70.5 cm³/mol. The van der Waals surface area contributed by atoms with Gasteiger partial charge in [-0.1, -0.05) is 27.2 Å². The smallest absolute Gasteiger partial charge is 0.188 e. The van der Waals surface area contributed by atoms with E-state index in [9.17, 15) is 0 Å². The zero-order chi connectivity index (χ0) is 12.0. The highest BCUT2D eigenvalue weighted by atomic mass is 15.1. The maximum absolute atomic E-state index is 5.82. The molecule has 1 aliphatic rings. The van der Waals surface area contributed by atoms with E-state index in [1.807, 2.05) is 0 Å². The summed E-state index contributed by atoms with van der Waals surface area (Å²) in [5, 5.41) is 3.13. The molecule has 0 amide bonds. The lowest BCUT2D eigenvalue weighted by Gasteiger charge is -2.42. The average molecular weight is 225 g/mol. The largest absolute Gasteiger partial charge is 0.370 e. The number of nitrogens with zero attached hydrogens (tertiary/aromatic N) is 1. The van der Waals surface area contributed by atoms with Crippen LogP contribution in [0.3, 0.4) is 0 Å². The van der Waals surface area contributed by atoms with Gasteiger partial charge in [-0.15, -0.1) is 0 Å². The van der Waals surface area contributed by atoms with E-state index < -0.39 is 0 Å². The second-order valence-electron chi connectivity index (χ2n) is 5.58. The summed E-state index contributed by atoms with van der Waals surface area (Å²) in [5.74, 6) is 1.39. The Balaban J connectivity index is 2.38. The molecule has 0 spiro atoms. The molecule has 1 saturated carbocycles. The van der Waals surface area contributed by atoms with E-state index in [2.05, 4.69) is 31.1 Å². The highest BCUT2D eigenvalue weighted by Crippen LogP contribution is 2.46. The fourth-order valence-corrected chi connectivity index (χ4v) is 2.53. The van der Waals surface area contributed by atoms with Gasteiger partial charge in [0, 0.05) is 13.1 Å². The average Bonchev–Trinajstić information content (AvgIpc) is 2.18. The van der Waals surface area contributed by atoms with E-state index in [0.717, 1.165) is 25.4 Å². The molecule has 0 bridgehead atoms. The van der Waals surface area contributed by atoms with Crippen molar-refractivity contribution in [3.8, 4) is 0 Å². The van der Waals surface area contributed by atoms with Crippen LogP contribution in [0, 0.1) is 11.3 Å². The molecule has 0 heterocycles. The lowest BCUT2D eigenvalue weighted by atomic mass is 9.64. The SMILES string of the molecule is CCCNC(N)=NCC1(CC(C)C)CCC1. The molecule has 0 atom stereocenters. The molecule has 3 nitrogen and oxygen atoms in total. The Bertz CT molecular complexity index is 229. The third-order valence-electron chi connectivity index (χ3n) is 3.40. The normalized spacial score (nSPS) is 19.6. The zero-order valence-electron chi connectivity index (χ0n) is 11.1. The van der Waals surface area contributed by atoms with Gasteiger partial charge in [0.2, 0.25) is 0 Å². The van der Waals surface area contributed by atoms with Crippen LogP contribution in [0.4, 0.5) is 0 Å². The van der Waals surface area contributed by atoms with Gasteiger partial charge in [0.15, 0.2) is 5.96 Å². The number of nitrogens with two attached hydrogens (primary N) is 1. The fourth-order valence-electron chi connectivity index (χ4n) is 2.53. The predicted octanol–water partition coefficient (Wildman–Crippen LogP) is 2.52. The Kier molecular flexibility index (Phi) is 5.10. The highest BCUT2D eigenvalue weighted by Gasteiger charge is 2.37. The Morgan fingerprint density at radius 2 is 2.12 bits per heavy atom. The molecular weight excluding hydrogens is 198 g/mol. The Hall–Kier alpha value is -0.730. The van der Waals surface area contributed by atoms with Crippen LogP contribution in [0.2, 0.25) is 0 Å². The van der Waals surface area contributed by atoms with Crippen LogP contribution >= 0.6 is 0 Å². The van der Waals surface area contributed by atoms with E-state index >= 15 is 0 Å². The van der Waals surface area contributed by atoms with Crippen LogP contribution in [-0.2, 0) is 0 Å². The van der Waals surface area contributed by atoms with E-state index in [1.54, 1.807) is 0 Å². The van der Waals surface area contributed by atoms with E-state index in [4.69, 9.17) is 5.73 Å². The molecule has 94 valence electrons. The topological polar surface area (TPSA) is 50.4 Å². The summed E-state index contributed by atoms with van der Waals surface area (Å²) in [5.41, 5.74) is 6.28. The van der Waals surface area contributed by atoms with Gasteiger partial charge in [0.05, 0.1) is 0 Å². The standard InChI is InChI=1S/C13H27N3/c1-4-8-15-12(14)16-10-13(6-5-7-13)9-11(2)3/h11H,4-10H2,1-3H3,(H3,14,15,16). The van der Waals surface area contributed by atoms with Crippen molar-refractivity contribution in [3.63, 3.8) is 0 Å². The summed E-state index contributed by atoms with van der Waals surface area (Å²) in [6.07, 6.45) is 6.40. The van der Waals surface area contributed by atoms with Crippen molar-refractivity contribution in [2.24, 2.45) is 22.1 Å². The van der Waals surface area contributed by atoms with Gasteiger partial charge in [0.25, 0.3) is 0 Å². The van der Waals surface area contributed by atoms with Crippen molar-refractivity contribution in [1.29, 1.82) is 0 Å². The van der Waals surface area contributed by atoms with Crippen molar-refractivity contribution in [1.82, 2.24) is 5.32 Å². The molecule has 3 heteroatoms. The van der Waals surface area contributed by atoms with Gasteiger partial charge in [-0.2, -0.15) is 0 Å². The first-order valence-electron chi connectivity index (χ1n) is 6.62. The number of aliphatic imine (C=N–C) groups is 1.